The van der Waals surface area contributed by atoms with E-state index in [1.807, 2.05) is 6.92 Å². The van der Waals surface area contributed by atoms with Gasteiger partial charge in [0, 0.05) is 11.8 Å². The smallest absolute Gasteiger partial charge is 0.258 e. The third-order valence-corrected chi connectivity index (χ3v) is 3.27. The lowest BCUT2D eigenvalue weighted by atomic mass is 10.2. The summed E-state index contributed by atoms with van der Waals surface area (Å²) in [4.78, 5) is 11.7. The van der Waals surface area contributed by atoms with Gasteiger partial charge in [-0.3, -0.25) is 9.89 Å². The van der Waals surface area contributed by atoms with E-state index < -0.39 is 0 Å². The first-order valence-corrected chi connectivity index (χ1v) is 6.71. The number of hydrogen-bond acceptors (Lipinski definition) is 3. The molecule has 0 aliphatic carbocycles. The van der Waals surface area contributed by atoms with Gasteiger partial charge < -0.3 is 10.1 Å². The van der Waals surface area contributed by atoms with Crippen LogP contribution in [-0.4, -0.2) is 22.7 Å². The van der Waals surface area contributed by atoms with Crippen molar-refractivity contribution in [3.63, 3.8) is 0 Å². The summed E-state index contributed by atoms with van der Waals surface area (Å²) in [6.07, 6.45) is 3.35. The van der Waals surface area contributed by atoms with E-state index in [1.54, 1.807) is 12.4 Å². The zero-order chi connectivity index (χ0) is 14.5. The zero-order valence-electron chi connectivity index (χ0n) is 10.7. The first-order valence-electron chi connectivity index (χ1n) is 5.92. The van der Waals surface area contributed by atoms with Gasteiger partial charge in [-0.05, 0) is 41.1 Å². The topological polar surface area (TPSA) is 67.0 Å². The van der Waals surface area contributed by atoms with Crippen LogP contribution in [0.5, 0.6) is 5.75 Å². The molecule has 5 nitrogen and oxygen atoms in total. The van der Waals surface area contributed by atoms with E-state index in [4.69, 9.17) is 4.74 Å². The molecule has 1 aromatic heterocycles. The predicted octanol–water partition coefficient (Wildman–Crippen LogP) is 2.57. The highest BCUT2D eigenvalue weighted by Crippen LogP contribution is 2.25. The molecule has 0 spiro atoms. The number of aromatic nitrogens is 2. The molecule has 1 heterocycles. The summed E-state index contributed by atoms with van der Waals surface area (Å²) in [5.41, 5.74) is 0.876. The Kier molecular flexibility index (Phi) is 4.73. The van der Waals surface area contributed by atoms with Gasteiger partial charge in [0.15, 0.2) is 6.61 Å². The van der Waals surface area contributed by atoms with E-state index in [0.717, 1.165) is 5.56 Å². The molecule has 7 heteroatoms. The lowest BCUT2D eigenvalue weighted by Gasteiger charge is -2.13. The average Bonchev–Trinajstić information content (AvgIpc) is 2.91. The molecule has 0 bridgehead atoms. The van der Waals surface area contributed by atoms with Gasteiger partial charge in [-0.2, -0.15) is 5.10 Å². The molecule has 1 aromatic carbocycles. The highest BCUT2D eigenvalue weighted by atomic mass is 79.9. The number of nitrogens with zero attached hydrogens (tertiary/aromatic N) is 1. The number of ether oxygens (including phenoxy) is 1. The Morgan fingerprint density at radius 3 is 3.05 bits per heavy atom. The monoisotopic (exact) mass is 341 g/mol. The molecule has 1 amide bonds. The molecule has 2 rings (SSSR count). The van der Waals surface area contributed by atoms with Crippen molar-refractivity contribution < 1.29 is 13.9 Å². The maximum absolute atomic E-state index is 12.9. The molecule has 1 atom stereocenters. The molecule has 0 fully saturated rings. The van der Waals surface area contributed by atoms with Crippen LogP contribution in [0.2, 0.25) is 0 Å². The predicted molar refractivity (Wildman–Crippen MR) is 74.7 cm³/mol. The van der Waals surface area contributed by atoms with E-state index >= 15 is 0 Å². The summed E-state index contributed by atoms with van der Waals surface area (Å²) in [5, 5.41) is 9.26. The second-order valence-electron chi connectivity index (χ2n) is 4.18. The van der Waals surface area contributed by atoms with E-state index in [1.165, 1.54) is 18.2 Å². The zero-order valence-corrected chi connectivity index (χ0v) is 12.3. The Hall–Kier alpha value is -1.89. The minimum Gasteiger partial charge on any atom is -0.483 e. The summed E-state index contributed by atoms with van der Waals surface area (Å²) < 4.78 is 18.7. The van der Waals surface area contributed by atoms with Crippen molar-refractivity contribution in [1.29, 1.82) is 0 Å². The first-order chi connectivity index (χ1) is 9.56. The number of hydrogen-bond donors (Lipinski definition) is 2. The Labute approximate surface area is 123 Å². The van der Waals surface area contributed by atoms with E-state index in [0.29, 0.717) is 10.2 Å². The maximum atomic E-state index is 12.9. The number of amides is 1. The van der Waals surface area contributed by atoms with Crippen molar-refractivity contribution in [1.82, 2.24) is 15.5 Å². The van der Waals surface area contributed by atoms with Crippen molar-refractivity contribution in [2.24, 2.45) is 0 Å². The Bertz CT molecular complexity index is 589. The lowest BCUT2D eigenvalue weighted by molar-refractivity contribution is -0.123. The summed E-state index contributed by atoms with van der Waals surface area (Å²) in [7, 11) is 0. The van der Waals surface area contributed by atoms with Gasteiger partial charge in [-0.15, -0.1) is 0 Å². The summed E-state index contributed by atoms with van der Waals surface area (Å²) >= 11 is 3.17. The third-order valence-electron chi connectivity index (χ3n) is 2.65. The normalized spacial score (nSPS) is 11.9. The fourth-order valence-corrected chi connectivity index (χ4v) is 2.07. The van der Waals surface area contributed by atoms with Gasteiger partial charge in [0.25, 0.3) is 5.91 Å². The molecular weight excluding hydrogens is 329 g/mol. The van der Waals surface area contributed by atoms with Crippen LogP contribution in [0.4, 0.5) is 4.39 Å². The Balaban J connectivity index is 1.86. The van der Waals surface area contributed by atoms with Crippen LogP contribution in [-0.2, 0) is 4.79 Å². The van der Waals surface area contributed by atoms with Gasteiger partial charge in [-0.25, -0.2) is 4.39 Å². The Morgan fingerprint density at radius 1 is 1.60 bits per heavy atom. The summed E-state index contributed by atoms with van der Waals surface area (Å²) in [6.45, 7) is 1.70. The second-order valence-corrected chi connectivity index (χ2v) is 5.04. The molecule has 20 heavy (non-hydrogen) atoms. The SMILES string of the molecule is CC(NC(=O)COc1ccc(F)cc1Br)c1cn[nH]c1. The van der Waals surface area contributed by atoms with Gasteiger partial charge in [-0.1, -0.05) is 0 Å². The quantitative estimate of drug-likeness (QED) is 0.878. The maximum Gasteiger partial charge on any atom is 0.258 e. The number of H-pyrrole nitrogens is 1. The van der Waals surface area contributed by atoms with E-state index in [-0.39, 0.29) is 24.4 Å². The highest BCUT2D eigenvalue weighted by molar-refractivity contribution is 9.10. The van der Waals surface area contributed by atoms with Crippen molar-refractivity contribution >= 4 is 21.8 Å². The molecule has 0 radical (unpaired) electrons. The van der Waals surface area contributed by atoms with E-state index in [9.17, 15) is 9.18 Å². The number of aromatic amines is 1. The molecule has 2 aromatic rings. The largest absolute Gasteiger partial charge is 0.483 e. The molecule has 0 saturated carbocycles. The summed E-state index contributed by atoms with van der Waals surface area (Å²) in [5.74, 6) is -0.227. The van der Waals surface area contributed by atoms with Crippen LogP contribution in [0.25, 0.3) is 0 Å². The molecule has 1 unspecified atom stereocenters. The van der Waals surface area contributed by atoms with Gasteiger partial charge in [0.2, 0.25) is 0 Å². The number of carbonyl (C=O) groups is 1. The summed E-state index contributed by atoms with van der Waals surface area (Å²) in [6, 6.07) is 3.85. The van der Waals surface area contributed by atoms with Crippen molar-refractivity contribution in [2.75, 3.05) is 6.61 Å². The lowest BCUT2D eigenvalue weighted by Crippen LogP contribution is -2.31. The van der Waals surface area contributed by atoms with Gasteiger partial charge in [0.05, 0.1) is 16.7 Å². The van der Waals surface area contributed by atoms with Crippen LogP contribution in [0.15, 0.2) is 35.1 Å². The van der Waals surface area contributed by atoms with Crippen molar-refractivity contribution in [2.45, 2.75) is 13.0 Å². The minimum absolute atomic E-state index is 0.146. The van der Waals surface area contributed by atoms with Crippen molar-refractivity contribution in [3.8, 4) is 5.75 Å². The number of rotatable bonds is 5. The highest BCUT2D eigenvalue weighted by Gasteiger charge is 2.11. The minimum atomic E-state index is -0.373. The average molecular weight is 342 g/mol. The van der Waals surface area contributed by atoms with Crippen LogP contribution in [0.1, 0.15) is 18.5 Å². The number of benzene rings is 1. The standard InChI is InChI=1S/C13H13BrFN3O2/c1-8(9-5-16-17-6-9)18-13(19)7-20-12-3-2-10(15)4-11(12)14/h2-6,8H,7H2,1H3,(H,16,17)(H,18,19). The second kappa shape index (κ2) is 6.51. The molecule has 0 aliphatic heterocycles. The van der Waals surface area contributed by atoms with Crippen LogP contribution in [0, 0.1) is 5.82 Å². The fourth-order valence-electron chi connectivity index (χ4n) is 1.60. The Morgan fingerprint density at radius 2 is 2.40 bits per heavy atom. The molecule has 0 saturated heterocycles. The first kappa shape index (κ1) is 14.5. The number of carbonyl (C=O) groups excluding carboxylic acids is 1. The van der Waals surface area contributed by atoms with Crippen LogP contribution >= 0.6 is 15.9 Å². The third kappa shape index (κ3) is 3.80. The number of nitrogens with one attached hydrogen (secondary N) is 2. The van der Waals surface area contributed by atoms with Crippen molar-refractivity contribution in [3.05, 3.63) is 46.4 Å². The van der Waals surface area contributed by atoms with Gasteiger partial charge in [0.1, 0.15) is 11.6 Å². The fraction of sp³-hybridized carbons (Fsp3) is 0.231. The molecular formula is C13H13BrFN3O2. The van der Waals surface area contributed by atoms with E-state index in [2.05, 4.69) is 31.4 Å². The van der Waals surface area contributed by atoms with Gasteiger partial charge >= 0.3 is 0 Å². The number of halogens is 2. The van der Waals surface area contributed by atoms with Crippen LogP contribution in [0.3, 0.4) is 0 Å². The van der Waals surface area contributed by atoms with Crippen LogP contribution < -0.4 is 10.1 Å². The molecule has 2 N–H and O–H groups in total. The molecule has 106 valence electrons. The molecule has 0 aliphatic rings.